The first-order valence-corrected chi connectivity index (χ1v) is 11.1. The van der Waals surface area contributed by atoms with Gasteiger partial charge in [0.2, 0.25) is 11.8 Å². The third-order valence-electron chi connectivity index (χ3n) is 5.42. The number of anilines is 1. The summed E-state index contributed by atoms with van der Waals surface area (Å²) in [6.45, 7) is 5.06. The molecule has 0 saturated carbocycles. The molecule has 2 aromatic heterocycles. The third-order valence-corrected chi connectivity index (χ3v) is 5.42. The summed E-state index contributed by atoms with van der Waals surface area (Å²) in [5, 5.41) is 10.9. The van der Waals surface area contributed by atoms with E-state index in [1.807, 2.05) is 49.2 Å². The van der Waals surface area contributed by atoms with E-state index < -0.39 is 13.0 Å². The molecule has 0 aliphatic rings. The number of hydrogen-bond donors (Lipinski definition) is 3. The molecule has 1 unspecified atom stereocenters. The Hall–Kier alpha value is -3.12. The van der Waals surface area contributed by atoms with Crippen LogP contribution in [0.25, 0.3) is 10.9 Å². The Morgan fingerprint density at radius 2 is 2.00 bits per heavy atom. The number of halogens is 3. The Balaban J connectivity index is 1.49. The molecule has 0 spiro atoms. The predicted octanol–water partition coefficient (Wildman–Crippen LogP) is 2.94. The van der Waals surface area contributed by atoms with E-state index in [1.165, 1.54) is 0 Å². The van der Waals surface area contributed by atoms with E-state index in [0.717, 1.165) is 16.5 Å². The number of para-hydroxylation sites is 1. The maximum absolute atomic E-state index is 12.7. The highest BCUT2D eigenvalue weighted by atomic mass is 19.4. The number of likely N-dealkylation sites (N-methyl/N-ethyl adjacent to an activating group) is 2. The minimum Gasteiger partial charge on any atom is -0.361 e. The number of carbonyl (C=O) groups is 1. The van der Waals surface area contributed by atoms with Crippen LogP contribution in [0.3, 0.4) is 0 Å². The summed E-state index contributed by atoms with van der Waals surface area (Å²) in [4.78, 5) is 23.7. The number of aromatic nitrogens is 4. The van der Waals surface area contributed by atoms with Gasteiger partial charge in [-0.1, -0.05) is 18.2 Å². The zero-order valence-corrected chi connectivity index (χ0v) is 19.4. The van der Waals surface area contributed by atoms with Crippen molar-refractivity contribution < 1.29 is 22.7 Å². The van der Waals surface area contributed by atoms with Gasteiger partial charge in [0.25, 0.3) is 5.91 Å². The summed E-state index contributed by atoms with van der Waals surface area (Å²) in [6, 6.07) is 7.86. The summed E-state index contributed by atoms with van der Waals surface area (Å²) < 4.78 is 40.1. The average molecular weight is 482 g/mol. The normalized spacial score (nSPS) is 12.9. The Morgan fingerprint density at radius 1 is 1.24 bits per heavy atom. The SMILES string of the molecule is CCN(CCN(C)CCOC(F)(F)F)c1n[nH]c(C(=O)NC(C)Cc2c[nH]c3ccccc23)n1. The number of nitrogens with one attached hydrogen (secondary N) is 3. The van der Waals surface area contributed by atoms with E-state index in [4.69, 9.17) is 0 Å². The van der Waals surface area contributed by atoms with Crippen LogP contribution in [0.1, 0.15) is 30.0 Å². The topological polar surface area (TPSA) is 102 Å². The van der Waals surface area contributed by atoms with Crippen molar-refractivity contribution in [2.45, 2.75) is 32.7 Å². The molecule has 9 nitrogen and oxygen atoms in total. The molecule has 0 saturated heterocycles. The molecule has 0 aliphatic carbocycles. The molecule has 2 heterocycles. The highest BCUT2D eigenvalue weighted by molar-refractivity contribution is 5.91. The fraction of sp³-hybridized carbons (Fsp3) is 0.500. The van der Waals surface area contributed by atoms with E-state index in [0.29, 0.717) is 32.0 Å². The van der Waals surface area contributed by atoms with Crippen LogP contribution in [-0.4, -0.2) is 83.2 Å². The molecule has 12 heteroatoms. The van der Waals surface area contributed by atoms with Crippen molar-refractivity contribution in [3.05, 3.63) is 41.9 Å². The average Bonchev–Trinajstić information content (AvgIpc) is 3.41. The van der Waals surface area contributed by atoms with Crippen LogP contribution >= 0.6 is 0 Å². The van der Waals surface area contributed by atoms with E-state index in [2.05, 4.69) is 30.2 Å². The fourth-order valence-corrected chi connectivity index (χ4v) is 3.59. The van der Waals surface area contributed by atoms with Crippen LogP contribution in [0.15, 0.2) is 30.5 Å². The van der Waals surface area contributed by atoms with Crippen molar-refractivity contribution in [1.29, 1.82) is 0 Å². The van der Waals surface area contributed by atoms with Gasteiger partial charge in [-0.05, 0) is 38.9 Å². The number of aromatic amines is 2. The number of rotatable bonds is 12. The molecule has 3 N–H and O–H groups in total. The number of nitrogens with zero attached hydrogens (tertiary/aromatic N) is 4. The van der Waals surface area contributed by atoms with Crippen LogP contribution in [0, 0.1) is 0 Å². The summed E-state index contributed by atoms with van der Waals surface area (Å²) >= 11 is 0. The second kappa shape index (κ2) is 11.3. The van der Waals surface area contributed by atoms with Crippen LogP contribution in [0.2, 0.25) is 0 Å². The van der Waals surface area contributed by atoms with Crippen LogP contribution in [0.5, 0.6) is 0 Å². The van der Waals surface area contributed by atoms with Crippen molar-refractivity contribution in [2.24, 2.45) is 0 Å². The molecule has 1 amide bonds. The number of benzene rings is 1. The monoisotopic (exact) mass is 481 g/mol. The summed E-state index contributed by atoms with van der Waals surface area (Å²) in [7, 11) is 1.71. The molecular weight excluding hydrogens is 451 g/mol. The quantitative estimate of drug-likeness (QED) is 0.368. The molecule has 0 bridgehead atoms. The van der Waals surface area contributed by atoms with Gasteiger partial charge in [-0.3, -0.25) is 14.6 Å². The summed E-state index contributed by atoms with van der Waals surface area (Å²) in [5.41, 5.74) is 2.16. The maximum atomic E-state index is 12.7. The van der Waals surface area contributed by atoms with Crippen molar-refractivity contribution in [1.82, 2.24) is 30.4 Å². The minimum atomic E-state index is -4.63. The van der Waals surface area contributed by atoms with Crippen LogP contribution in [0.4, 0.5) is 19.1 Å². The van der Waals surface area contributed by atoms with Gasteiger partial charge in [0.05, 0.1) is 6.61 Å². The fourth-order valence-electron chi connectivity index (χ4n) is 3.59. The smallest absolute Gasteiger partial charge is 0.361 e. The van der Waals surface area contributed by atoms with Gasteiger partial charge in [-0.25, -0.2) is 0 Å². The van der Waals surface area contributed by atoms with Gasteiger partial charge in [0.1, 0.15) is 0 Å². The summed E-state index contributed by atoms with van der Waals surface area (Å²) in [5.74, 6) is 0.103. The van der Waals surface area contributed by atoms with Crippen molar-refractivity contribution in [2.75, 3.05) is 44.7 Å². The largest absolute Gasteiger partial charge is 0.522 e. The molecule has 1 aromatic carbocycles. The van der Waals surface area contributed by atoms with Gasteiger partial charge >= 0.3 is 6.36 Å². The van der Waals surface area contributed by atoms with Gasteiger partial charge in [-0.15, -0.1) is 18.3 Å². The highest BCUT2D eigenvalue weighted by Gasteiger charge is 2.28. The first-order valence-electron chi connectivity index (χ1n) is 11.1. The van der Waals surface area contributed by atoms with Gasteiger partial charge in [0, 0.05) is 49.3 Å². The second-order valence-corrected chi connectivity index (χ2v) is 8.10. The Kier molecular flexibility index (Phi) is 8.51. The Bertz CT molecular complexity index is 1070. The molecule has 34 heavy (non-hydrogen) atoms. The molecular formula is C22H30F3N7O2. The standard InChI is InChI=1S/C22H30F3N7O2/c1-4-32(10-9-31(3)11-12-34-22(23,24)25)21-28-19(29-30-21)20(33)27-15(2)13-16-14-26-18-8-6-5-7-17(16)18/h5-8,14-15,26H,4,9-13H2,1-3H3,(H,27,33)(H,28,29,30). The van der Waals surface area contributed by atoms with Crippen molar-refractivity contribution >= 4 is 22.8 Å². The van der Waals surface area contributed by atoms with Crippen molar-refractivity contribution in [3.8, 4) is 0 Å². The van der Waals surface area contributed by atoms with E-state index in [1.54, 1.807) is 11.9 Å². The van der Waals surface area contributed by atoms with Crippen molar-refractivity contribution in [3.63, 3.8) is 0 Å². The number of hydrogen-bond acceptors (Lipinski definition) is 6. The number of H-pyrrole nitrogens is 2. The minimum absolute atomic E-state index is 0.103. The number of alkyl halides is 3. The zero-order valence-electron chi connectivity index (χ0n) is 19.4. The molecule has 0 radical (unpaired) electrons. The number of fused-ring (bicyclic) bond motifs is 1. The number of carbonyl (C=O) groups excluding carboxylic acids is 1. The first kappa shape index (κ1) is 25.5. The lowest BCUT2D eigenvalue weighted by Gasteiger charge is -2.23. The first-order chi connectivity index (χ1) is 16.2. The summed E-state index contributed by atoms with van der Waals surface area (Å²) in [6.07, 6.45) is -2.02. The number of amides is 1. The molecule has 3 aromatic rings. The lowest BCUT2D eigenvalue weighted by molar-refractivity contribution is -0.324. The zero-order chi connectivity index (χ0) is 24.7. The molecule has 1 atom stereocenters. The van der Waals surface area contributed by atoms with E-state index in [9.17, 15) is 18.0 Å². The lowest BCUT2D eigenvalue weighted by Crippen LogP contribution is -2.36. The third kappa shape index (κ3) is 7.19. The maximum Gasteiger partial charge on any atom is 0.522 e. The predicted molar refractivity (Wildman–Crippen MR) is 123 cm³/mol. The molecule has 0 fully saturated rings. The van der Waals surface area contributed by atoms with Crippen LogP contribution in [-0.2, 0) is 11.2 Å². The highest BCUT2D eigenvalue weighted by Crippen LogP contribution is 2.19. The van der Waals surface area contributed by atoms with Gasteiger partial charge in [0.15, 0.2) is 0 Å². The van der Waals surface area contributed by atoms with Crippen LogP contribution < -0.4 is 10.2 Å². The number of ether oxygens (including phenoxy) is 1. The van der Waals surface area contributed by atoms with Gasteiger partial charge < -0.3 is 20.1 Å². The second-order valence-electron chi connectivity index (χ2n) is 8.10. The van der Waals surface area contributed by atoms with E-state index in [-0.39, 0.29) is 24.3 Å². The molecule has 3 rings (SSSR count). The van der Waals surface area contributed by atoms with E-state index >= 15 is 0 Å². The van der Waals surface area contributed by atoms with Gasteiger partial charge in [-0.2, -0.15) is 4.98 Å². The molecule has 0 aliphatic heterocycles. The Labute approximate surface area is 195 Å². The molecule has 186 valence electrons. The lowest BCUT2D eigenvalue weighted by atomic mass is 10.1. The Morgan fingerprint density at radius 3 is 2.74 bits per heavy atom.